The lowest BCUT2D eigenvalue weighted by atomic mass is 10.0. The highest BCUT2D eigenvalue weighted by Crippen LogP contribution is 2.26. The first-order valence-electron chi connectivity index (χ1n) is 9.76. The van der Waals surface area contributed by atoms with Crippen molar-refractivity contribution < 1.29 is 19.1 Å². The Labute approximate surface area is 178 Å². The molecule has 0 aromatic heterocycles. The van der Waals surface area contributed by atoms with Gasteiger partial charge in [-0.1, -0.05) is 60.7 Å². The van der Waals surface area contributed by atoms with Gasteiger partial charge in [0.05, 0.1) is 11.3 Å². The zero-order chi connectivity index (χ0) is 21.8. The Bertz CT molecular complexity index is 1310. The minimum atomic E-state index is -0.692. The van der Waals surface area contributed by atoms with Gasteiger partial charge in [0.25, 0.3) is 5.91 Å². The zero-order valence-electron chi connectivity index (χ0n) is 16.8. The van der Waals surface area contributed by atoms with E-state index in [0.29, 0.717) is 11.4 Å². The van der Waals surface area contributed by atoms with Gasteiger partial charge in [0.2, 0.25) is 5.91 Å². The number of nitrogens with one attached hydrogen (secondary N) is 2. The summed E-state index contributed by atoms with van der Waals surface area (Å²) in [4.78, 5) is 36.7. The van der Waals surface area contributed by atoms with Crippen LogP contribution in [0.3, 0.4) is 0 Å². The number of hydrogen-bond donors (Lipinski definition) is 2. The minimum Gasteiger partial charge on any atom is -0.452 e. The third kappa shape index (κ3) is 4.53. The molecule has 0 aliphatic rings. The smallest absolute Gasteiger partial charge is 0.340 e. The molecule has 0 spiro atoms. The summed E-state index contributed by atoms with van der Waals surface area (Å²) >= 11 is 0. The van der Waals surface area contributed by atoms with E-state index in [2.05, 4.69) is 10.6 Å². The van der Waals surface area contributed by atoms with Crippen molar-refractivity contribution >= 4 is 50.7 Å². The lowest BCUT2D eigenvalue weighted by molar-refractivity contribution is -0.119. The Balaban J connectivity index is 1.51. The number of anilines is 2. The fraction of sp³-hybridized carbons (Fsp3) is 0.0800. The molecule has 0 unspecified atom stereocenters. The highest BCUT2D eigenvalue weighted by Gasteiger charge is 2.17. The normalized spacial score (nSPS) is 10.6. The van der Waals surface area contributed by atoms with Crippen molar-refractivity contribution in [2.75, 3.05) is 17.2 Å². The molecule has 0 heterocycles. The van der Waals surface area contributed by atoms with Gasteiger partial charge in [0, 0.05) is 18.0 Å². The molecule has 0 aliphatic carbocycles. The summed E-state index contributed by atoms with van der Waals surface area (Å²) in [6.45, 7) is 0.913. The quantitative estimate of drug-likeness (QED) is 0.464. The van der Waals surface area contributed by atoms with Gasteiger partial charge in [-0.05, 0) is 34.4 Å². The number of carbonyl (C=O) groups is 3. The van der Waals surface area contributed by atoms with Crippen LogP contribution < -0.4 is 10.6 Å². The van der Waals surface area contributed by atoms with E-state index >= 15 is 0 Å². The Morgan fingerprint density at radius 1 is 0.742 bits per heavy atom. The predicted molar refractivity (Wildman–Crippen MR) is 121 cm³/mol. The number of amides is 2. The van der Waals surface area contributed by atoms with Crippen molar-refractivity contribution in [3.8, 4) is 0 Å². The molecule has 6 heteroatoms. The molecular weight excluding hydrogens is 392 g/mol. The topological polar surface area (TPSA) is 84.5 Å². The lowest BCUT2D eigenvalue weighted by Crippen LogP contribution is -2.22. The summed E-state index contributed by atoms with van der Waals surface area (Å²) in [5.74, 6) is -1.45. The number of rotatable bonds is 5. The van der Waals surface area contributed by atoms with Crippen molar-refractivity contribution in [3.05, 3.63) is 84.4 Å². The van der Waals surface area contributed by atoms with Gasteiger partial charge in [-0.3, -0.25) is 9.59 Å². The largest absolute Gasteiger partial charge is 0.452 e. The number of fused-ring (bicyclic) bond motifs is 2. The van der Waals surface area contributed by atoms with E-state index in [1.54, 1.807) is 18.2 Å². The highest BCUT2D eigenvalue weighted by molar-refractivity contribution is 6.07. The molecule has 31 heavy (non-hydrogen) atoms. The standard InChI is InChI=1S/C25H20N2O4/c1-16(28)26-23-14-19-9-3-2-8-18(19)13-21(23)25(30)31-15-24(29)27-22-12-6-10-17-7-4-5-11-20(17)22/h2-14H,15H2,1H3,(H,26,28)(H,27,29). The Morgan fingerprint density at radius 3 is 2.13 bits per heavy atom. The van der Waals surface area contributed by atoms with Crippen molar-refractivity contribution in [1.29, 1.82) is 0 Å². The van der Waals surface area contributed by atoms with Gasteiger partial charge < -0.3 is 15.4 Å². The summed E-state index contributed by atoms with van der Waals surface area (Å²) in [6, 6.07) is 24.1. The Kier molecular flexibility index (Phi) is 5.62. The fourth-order valence-electron chi connectivity index (χ4n) is 3.43. The maximum Gasteiger partial charge on any atom is 0.340 e. The van der Waals surface area contributed by atoms with Crippen LogP contribution in [0.2, 0.25) is 0 Å². The molecule has 4 aromatic carbocycles. The Morgan fingerprint density at radius 2 is 1.39 bits per heavy atom. The van der Waals surface area contributed by atoms with Crippen LogP contribution in [-0.2, 0) is 14.3 Å². The first-order valence-corrected chi connectivity index (χ1v) is 9.76. The first-order chi connectivity index (χ1) is 15.0. The van der Waals surface area contributed by atoms with E-state index in [1.807, 2.05) is 60.7 Å². The molecule has 0 bridgehead atoms. The van der Waals surface area contributed by atoms with Gasteiger partial charge in [-0.25, -0.2) is 4.79 Å². The van der Waals surface area contributed by atoms with E-state index in [0.717, 1.165) is 21.5 Å². The zero-order valence-corrected chi connectivity index (χ0v) is 16.8. The van der Waals surface area contributed by atoms with Crippen LogP contribution in [0.25, 0.3) is 21.5 Å². The van der Waals surface area contributed by atoms with Crippen molar-refractivity contribution in [2.24, 2.45) is 0 Å². The van der Waals surface area contributed by atoms with Crippen molar-refractivity contribution in [3.63, 3.8) is 0 Å². The summed E-state index contributed by atoms with van der Waals surface area (Å²) in [6.07, 6.45) is 0. The average molecular weight is 412 g/mol. The number of benzene rings is 4. The summed E-state index contributed by atoms with van der Waals surface area (Å²) < 4.78 is 5.24. The van der Waals surface area contributed by atoms with Crippen LogP contribution in [0.15, 0.2) is 78.9 Å². The maximum absolute atomic E-state index is 12.7. The van der Waals surface area contributed by atoms with E-state index in [4.69, 9.17) is 4.74 Å². The summed E-state index contributed by atoms with van der Waals surface area (Å²) in [5.41, 5.74) is 1.17. The monoisotopic (exact) mass is 412 g/mol. The third-order valence-corrected chi connectivity index (χ3v) is 4.81. The molecule has 6 nitrogen and oxygen atoms in total. The van der Waals surface area contributed by atoms with Crippen LogP contribution in [0, 0.1) is 0 Å². The molecular formula is C25H20N2O4. The molecule has 0 saturated heterocycles. The second kappa shape index (κ2) is 8.67. The molecule has 4 rings (SSSR count). The fourth-order valence-corrected chi connectivity index (χ4v) is 3.43. The van der Waals surface area contributed by atoms with E-state index in [-0.39, 0.29) is 11.5 Å². The summed E-state index contributed by atoms with van der Waals surface area (Å²) in [7, 11) is 0. The average Bonchev–Trinajstić information content (AvgIpc) is 2.77. The molecule has 0 aliphatic heterocycles. The van der Waals surface area contributed by atoms with Gasteiger partial charge >= 0.3 is 5.97 Å². The van der Waals surface area contributed by atoms with Gasteiger partial charge in [0.1, 0.15) is 0 Å². The van der Waals surface area contributed by atoms with Crippen molar-refractivity contribution in [2.45, 2.75) is 6.92 Å². The van der Waals surface area contributed by atoms with E-state index in [9.17, 15) is 14.4 Å². The van der Waals surface area contributed by atoms with Gasteiger partial charge in [-0.2, -0.15) is 0 Å². The molecule has 0 fully saturated rings. The van der Waals surface area contributed by atoms with E-state index in [1.165, 1.54) is 6.92 Å². The first kappa shape index (κ1) is 20.1. The van der Waals surface area contributed by atoms with Crippen LogP contribution in [0.1, 0.15) is 17.3 Å². The van der Waals surface area contributed by atoms with E-state index < -0.39 is 18.5 Å². The molecule has 0 radical (unpaired) electrons. The highest BCUT2D eigenvalue weighted by atomic mass is 16.5. The SMILES string of the molecule is CC(=O)Nc1cc2ccccc2cc1C(=O)OCC(=O)Nc1cccc2ccccc12. The number of carbonyl (C=O) groups excluding carboxylic acids is 3. The molecule has 2 N–H and O–H groups in total. The number of hydrogen-bond acceptors (Lipinski definition) is 4. The molecule has 4 aromatic rings. The van der Waals surface area contributed by atoms with Crippen LogP contribution in [-0.4, -0.2) is 24.4 Å². The second-order valence-corrected chi connectivity index (χ2v) is 7.08. The van der Waals surface area contributed by atoms with Gasteiger partial charge in [0.15, 0.2) is 6.61 Å². The molecule has 2 amide bonds. The van der Waals surface area contributed by atoms with Crippen LogP contribution in [0.5, 0.6) is 0 Å². The third-order valence-electron chi connectivity index (χ3n) is 4.81. The lowest BCUT2D eigenvalue weighted by Gasteiger charge is -2.12. The Hall–Kier alpha value is -4.19. The minimum absolute atomic E-state index is 0.187. The summed E-state index contributed by atoms with van der Waals surface area (Å²) in [5, 5.41) is 9.02. The van der Waals surface area contributed by atoms with Crippen LogP contribution in [0.4, 0.5) is 11.4 Å². The molecule has 0 saturated carbocycles. The second-order valence-electron chi connectivity index (χ2n) is 7.08. The number of esters is 1. The predicted octanol–water partition coefficient (Wildman–Crippen LogP) is 4.75. The maximum atomic E-state index is 12.7. The number of ether oxygens (including phenoxy) is 1. The molecule has 154 valence electrons. The molecule has 0 atom stereocenters. The van der Waals surface area contributed by atoms with Gasteiger partial charge in [-0.15, -0.1) is 0 Å². The van der Waals surface area contributed by atoms with Crippen molar-refractivity contribution in [1.82, 2.24) is 0 Å². The van der Waals surface area contributed by atoms with Crippen LogP contribution >= 0.6 is 0 Å².